The number of nitrogens with zero attached hydrogens (tertiary/aromatic N) is 1. The first kappa shape index (κ1) is 9.12. The molecule has 3 heteroatoms. The van der Waals surface area contributed by atoms with Crippen molar-refractivity contribution in [2.45, 2.75) is 25.2 Å². The monoisotopic (exact) mass is 287 g/mol. The summed E-state index contributed by atoms with van der Waals surface area (Å²) in [7, 11) is 0. The van der Waals surface area contributed by atoms with Gasteiger partial charge < -0.3 is 0 Å². The second kappa shape index (κ2) is 3.74. The fourth-order valence-electron chi connectivity index (χ4n) is 1.73. The molecular weight excluding hydrogens is 277 g/mol. The molecule has 0 bridgehead atoms. The molecular formula is C10H10INO. The lowest BCUT2D eigenvalue weighted by Gasteiger charge is -2.06. The Balaban J connectivity index is 2.17. The number of carbonyl (C=O) groups is 1. The van der Waals surface area contributed by atoms with Crippen LogP contribution in [0.2, 0.25) is 0 Å². The van der Waals surface area contributed by atoms with E-state index in [0.717, 1.165) is 16.5 Å². The fraction of sp³-hybridized carbons (Fsp3) is 0.400. The van der Waals surface area contributed by atoms with Gasteiger partial charge in [0.05, 0.1) is 0 Å². The molecule has 2 nitrogen and oxygen atoms in total. The summed E-state index contributed by atoms with van der Waals surface area (Å²) in [6, 6.07) is 4.08. The predicted octanol–water partition coefficient (Wildman–Crippen LogP) is 2.52. The van der Waals surface area contributed by atoms with E-state index in [1.165, 1.54) is 5.56 Å². The van der Waals surface area contributed by atoms with Crippen LogP contribution in [0, 0.1) is 3.70 Å². The Morgan fingerprint density at radius 2 is 2.31 bits per heavy atom. The van der Waals surface area contributed by atoms with Crippen LogP contribution in [-0.4, -0.2) is 10.8 Å². The maximum absolute atomic E-state index is 11.1. The maximum atomic E-state index is 11.1. The number of rotatable bonds is 1. The third kappa shape index (κ3) is 2.07. The first-order valence-corrected chi connectivity index (χ1v) is 5.47. The second-order valence-corrected chi connectivity index (χ2v) is 4.50. The zero-order valence-corrected chi connectivity index (χ0v) is 9.32. The van der Waals surface area contributed by atoms with Gasteiger partial charge in [0.1, 0.15) is 9.48 Å². The molecule has 1 aliphatic carbocycles. The summed E-state index contributed by atoms with van der Waals surface area (Å²) in [5.74, 6) is 0.820. The van der Waals surface area contributed by atoms with Crippen molar-refractivity contribution in [3.05, 3.63) is 27.6 Å². The summed E-state index contributed by atoms with van der Waals surface area (Å²) in [6.45, 7) is 0. The second-order valence-electron chi connectivity index (χ2n) is 3.39. The Morgan fingerprint density at radius 3 is 2.85 bits per heavy atom. The number of hydrogen-bond donors (Lipinski definition) is 0. The SMILES string of the molecule is O=C1CC[C@@H](c2ccc(I)nc2)C1. The lowest BCUT2D eigenvalue weighted by Crippen LogP contribution is -1.95. The molecule has 1 heterocycles. The number of ketones is 1. The van der Waals surface area contributed by atoms with Crippen molar-refractivity contribution in [2.24, 2.45) is 0 Å². The minimum Gasteiger partial charge on any atom is -0.300 e. The van der Waals surface area contributed by atoms with Crippen LogP contribution in [0.4, 0.5) is 0 Å². The van der Waals surface area contributed by atoms with Gasteiger partial charge >= 0.3 is 0 Å². The highest BCUT2D eigenvalue weighted by atomic mass is 127. The standard InChI is InChI=1S/C10H10INO/c11-10-4-2-8(6-12-10)7-1-3-9(13)5-7/h2,4,6-7H,1,3,5H2/t7-/m1/s1. The van der Waals surface area contributed by atoms with Crippen LogP contribution in [0.15, 0.2) is 18.3 Å². The maximum Gasteiger partial charge on any atom is 0.133 e. The van der Waals surface area contributed by atoms with Gasteiger partial charge in [-0.3, -0.25) is 9.78 Å². The molecule has 13 heavy (non-hydrogen) atoms. The van der Waals surface area contributed by atoms with Crippen molar-refractivity contribution in [1.82, 2.24) is 4.98 Å². The summed E-state index contributed by atoms with van der Waals surface area (Å²) in [5, 5.41) is 0. The van der Waals surface area contributed by atoms with E-state index in [-0.39, 0.29) is 0 Å². The molecule has 1 aliphatic rings. The number of Topliss-reactive ketones (excluding diaryl/α,β-unsaturated/α-hetero) is 1. The molecule has 1 fully saturated rings. The van der Waals surface area contributed by atoms with E-state index in [0.29, 0.717) is 18.1 Å². The van der Waals surface area contributed by atoms with Gasteiger partial charge in [0, 0.05) is 19.0 Å². The van der Waals surface area contributed by atoms with Crippen LogP contribution in [-0.2, 0) is 4.79 Å². The predicted molar refractivity (Wildman–Crippen MR) is 58.6 cm³/mol. The molecule has 0 radical (unpaired) electrons. The van der Waals surface area contributed by atoms with Crippen molar-refractivity contribution in [1.29, 1.82) is 0 Å². The van der Waals surface area contributed by atoms with Gasteiger partial charge in [0.15, 0.2) is 0 Å². The topological polar surface area (TPSA) is 30.0 Å². The van der Waals surface area contributed by atoms with Gasteiger partial charge in [-0.2, -0.15) is 0 Å². The van der Waals surface area contributed by atoms with E-state index in [9.17, 15) is 4.79 Å². The van der Waals surface area contributed by atoms with Crippen LogP contribution < -0.4 is 0 Å². The number of aromatic nitrogens is 1. The van der Waals surface area contributed by atoms with Gasteiger partial charge in [0.2, 0.25) is 0 Å². The summed E-state index contributed by atoms with van der Waals surface area (Å²) in [4.78, 5) is 15.3. The highest BCUT2D eigenvalue weighted by Gasteiger charge is 2.23. The van der Waals surface area contributed by atoms with Gasteiger partial charge in [-0.25, -0.2) is 0 Å². The Hall–Kier alpha value is -0.450. The molecule has 0 unspecified atom stereocenters. The average molecular weight is 287 g/mol. The van der Waals surface area contributed by atoms with Crippen molar-refractivity contribution in [3.63, 3.8) is 0 Å². The lowest BCUT2D eigenvalue weighted by molar-refractivity contribution is -0.117. The van der Waals surface area contributed by atoms with Crippen LogP contribution in [0.3, 0.4) is 0 Å². The highest BCUT2D eigenvalue weighted by molar-refractivity contribution is 14.1. The number of hydrogen-bond acceptors (Lipinski definition) is 2. The average Bonchev–Trinajstić information content (AvgIpc) is 2.53. The van der Waals surface area contributed by atoms with E-state index in [4.69, 9.17) is 0 Å². The first-order valence-electron chi connectivity index (χ1n) is 4.39. The first-order chi connectivity index (χ1) is 6.25. The van der Waals surface area contributed by atoms with Gasteiger partial charge in [0.25, 0.3) is 0 Å². The van der Waals surface area contributed by atoms with Crippen molar-refractivity contribution >= 4 is 28.4 Å². The van der Waals surface area contributed by atoms with Gasteiger partial charge in [-0.05, 0) is 46.6 Å². The molecule has 0 N–H and O–H groups in total. The minimum atomic E-state index is 0.392. The molecule has 1 aromatic heterocycles. The molecule has 1 aromatic rings. The fourth-order valence-corrected chi connectivity index (χ4v) is 2.05. The van der Waals surface area contributed by atoms with Crippen molar-refractivity contribution in [2.75, 3.05) is 0 Å². The minimum absolute atomic E-state index is 0.392. The van der Waals surface area contributed by atoms with Crippen LogP contribution >= 0.6 is 22.6 Å². The van der Waals surface area contributed by atoms with E-state index >= 15 is 0 Å². The smallest absolute Gasteiger partial charge is 0.133 e. The molecule has 2 rings (SSSR count). The summed E-state index contributed by atoms with van der Waals surface area (Å²) < 4.78 is 1.01. The highest BCUT2D eigenvalue weighted by Crippen LogP contribution is 2.31. The molecule has 0 spiro atoms. The molecule has 0 aromatic carbocycles. The quantitative estimate of drug-likeness (QED) is 0.587. The Morgan fingerprint density at radius 1 is 1.46 bits per heavy atom. The molecule has 0 amide bonds. The normalized spacial score (nSPS) is 22.2. The summed E-state index contributed by atoms with van der Waals surface area (Å²) in [5.41, 5.74) is 1.21. The van der Waals surface area contributed by atoms with Crippen molar-refractivity contribution < 1.29 is 4.79 Å². The van der Waals surface area contributed by atoms with Gasteiger partial charge in [-0.15, -0.1) is 0 Å². The largest absolute Gasteiger partial charge is 0.300 e. The van der Waals surface area contributed by atoms with Gasteiger partial charge in [-0.1, -0.05) is 6.07 Å². The summed E-state index contributed by atoms with van der Waals surface area (Å²) >= 11 is 2.19. The molecule has 1 saturated carbocycles. The van der Waals surface area contributed by atoms with Crippen LogP contribution in [0.1, 0.15) is 30.7 Å². The van der Waals surface area contributed by atoms with E-state index in [2.05, 4.69) is 33.6 Å². The van der Waals surface area contributed by atoms with Crippen molar-refractivity contribution in [3.8, 4) is 0 Å². The third-order valence-electron chi connectivity index (χ3n) is 2.47. The van der Waals surface area contributed by atoms with Crippen LogP contribution in [0.25, 0.3) is 0 Å². The van der Waals surface area contributed by atoms with Crippen LogP contribution in [0.5, 0.6) is 0 Å². The van der Waals surface area contributed by atoms with E-state index in [1.54, 1.807) is 0 Å². The summed E-state index contributed by atoms with van der Waals surface area (Å²) in [6.07, 6.45) is 4.35. The lowest BCUT2D eigenvalue weighted by atomic mass is 10.00. The molecule has 1 atom stereocenters. The van der Waals surface area contributed by atoms with E-state index < -0.39 is 0 Å². The Bertz CT molecular complexity index is 320. The molecule has 0 aliphatic heterocycles. The van der Waals surface area contributed by atoms with E-state index in [1.807, 2.05) is 12.3 Å². The Labute approximate surface area is 90.9 Å². The number of halogens is 1. The third-order valence-corrected chi connectivity index (χ3v) is 3.11. The number of carbonyl (C=O) groups excluding carboxylic acids is 1. The zero-order chi connectivity index (χ0) is 9.26. The zero-order valence-electron chi connectivity index (χ0n) is 7.16. The molecule has 68 valence electrons. The number of pyridine rings is 1. The molecule has 0 saturated heterocycles. The Kier molecular flexibility index (Phi) is 2.62.